The van der Waals surface area contributed by atoms with E-state index in [9.17, 15) is 47.5 Å². The summed E-state index contributed by atoms with van der Waals surface area (Å²) in [6.45, 7) is -2.03. The number of fused-ring (bicyclic) bond motifs is 3. The van der Waals surface area contributed by atoms with Crippen molar-refractivity contribution in [1.29, 1.82) is 0 Å². The number of aliphatic hydroxyl groups is 1. The van der Waals surface area contributed by atoms with E-state index in [-0.39, 0.29) is 63.8 Å². The van der Waals surface area contributed by atoms with Crippen LogP contribution in [0.15, 0.2) is 38.0 Å². The van der Waals surface area contributed by atoms with Crippen molar-refractivity contribution in [3.8, 4) is 0 Å². The number of rotatable bonds is 20. The van der Waals surface area contributed by atoms with Gasteiger partial charge in [-0.15, -0.1) is 0 Å². The molecule has 0 spiro atoms. The maximum absolute atomic E-state index is 13.8. The summed E-state index contributed by atoms with van der Waals surface area (Å²) < 4.78 is 120. The lowest BCUT2D eigenvalue weighted by Crippen LogP contribution is -2.23. The summed E-state index contributed by atoms with van der Waals surface area (Å²) in [5, 5.41) is 9.88. The maximum atomic E-state index is 13.8. The Balaban J connectivity index is 0.900. The summed E-state index contributed by atoms with van der Waals surface area (Å²) >= 11 is 0. The van der Waals surface area contributed by atoms with Crippen LogP contribution in [0.1, 0.15) is 37.9 Å². The van der Waals surface area contributed by atoms with Gasteiger partial charge in [0, 0.05) is 19.3 Å². The largest absolute Gasteiger partial charge is 0.490 e. The molecule has 3 aliphatic heterocycles. The Kier molecular flexibility index (Phi) is 14.5. The van der Waals surface area contributed by atoms with E-state index in [1.54, 1.807) is 0 Å². The molecule has 3 aliphatic rings. The number of imidazole rings is 3. The zero-order valence-corrected chi connectivity index (χ0v) is 40.5. The number of phosphoric ester groups is 3. The highest BCUT2D eigenvalue weighted by Crippen LogP contribution is 2.67. The zero-order chi connectivity index (χ0) is 51.5. The Labute approximate surface area is 400 Å². The van der Waals surface area contributed by atoms with Crippen LogP contribution in [0.25, 0.3) is 33.5 Å². The summed E-state index contributed by atoms with van der Waals surface area (Å²) in [6.07, 6.45) is -5.96. The fraction of sp³-hybridized carbons (Fsp3) is 0.500. The molecule has 13 N–H and O–H groups in total. The van der Waals surface area contributed by atoms with Crippen molar-refractivity contribution >= 4 is 90.1 Å². The smallest absolute Gasteiger partial charge is 0.394 e. The van der Waals surface area contributed by atoms with Crippen LogP contribution in [-0.2, 0) is 68.3 Å². The van der Waals surface area contributed by atoms with Crippen molar-refractivity contribution in [2.24, 2.45) is 0 Å². The lowest BCUT2D eigenvalue weighted by molar-refractivity contribution is -0.0622. The molecule has 0 amide bonds. The second-order valence-corrected chi connectivity index (χ2v) is 22.8. The molecule has 6 aromatic rings. The molecular weight excluding hydrogens is 1080 g/mol. The second-order valence-electron chi connectivity index (χ2n) is 15.6. The number of anilines is 3. The summed E-state index contributed by atoms with van der Waals surface area (Å²) in [7, 11) is -27.8. The Hall–Kier alpha value is -4.48. The minimum Gasteiger partial charge on any atom is -0.394 e. The highest BCUT2D eigenvalue weighted by atomic mass is 31.3. The number of ether oxygens (including phenoxy) is 3. The SMILES string of the molecule is Nc1ncnc2c1ncn2[C@@H]1O[C@H](CO)C[C@H]1OP(=O)(O)OC[C@@H]1C[C@@H](OP(=O)(O)OC[C@@H]2C[C@@H](OP(=O)(O)OP(=O)(O)OP(=O)(O)O)[C@H](n3cnc4c(N)ncnc43)O2)[C@H](n2cnc3c(N)ncnc32)O1. The first-order chi connectivity index (χ1) is 33.9. The van der Waals surface area contributed by atoms with E-state index in [2.05, 4.69) is 53.5 Å². The van der Waals surface area contributed by atoms with Crippen LogP contribution >= 0.6 is 39.1 Å². The molecule has 392 valence electrons. The van der Waals surface area contributed by atoms with Gasteiger partial charge in [0.05, 0.1) is 57.1 Å². The van der Waals surface area contributed by atoms with Gasteiger partial charge in [0.15, 0.2) is 53.1 Å². The minimum atomic E-state index is -5.97. The molecule has 4 unspecified atom stereocenters. The Morgan fingerprint density at radius 1 is 0.500 bits per heavy atom. The Morgan fingerprint density at radius 2 is 0.847 bits per heavy atom. The number of aliphatic hydroxyl groups excluding tert-OH is 1. The Bertz CT molecular complexity index is 3240. The van der Waals surface area contributed by atoms with E-state index in [0.29, 0.717) is 0 Å². The molecular formula is C30H40N15O22P5. The molecule has 0 aromatic carbocycles. The zero-order valence-electron chi connectivity index (χ0n) is 36.0. The molecule has 13 atom stereocenters. The van der Waals surface area contributed by atoms with Crippen LogP contribution < -0.4 is 17.2 Å². The van der Waals surface area contributed by atoms with Gasteiger partial charge in [0.2, 0.25) is 0 Å². The average molecular weight is 1120 g/mol. The quantitative estimate of drug-likeness (QED) is 0.0443. The van der Waals surface area contributed by atoms with Crippen LogP contribution in [0.4, 0.5) is 17.5 Å². The summed E-state index contributed by atoms with van der Waals surface area (Å²) in [5.41, 5.74) is 18.4. The van der Waals surface area contributed by atoms with Gasteiger partial charge >= 0.3 is 39.1 Å². The van der Waals surface area contributed by atoms with E-state index >= 15 is 0 Å². The number of nitrogens with two attached hydrogens (primary N) is 3. The highest BCUT2D eigenvalue weighted by molar-refractivity contribution is 7.66. The Morgan fingerprint density at radius 3 is 1.21 bits per heavy atom. The normalized spacial score (nSPS) is 28.3. The third kappa shape index (κ3) is 11.6. The highest BCUT2D eigenvalue weighted by Gasteiger charge is 2.49. The van der Waals surface area contributed by atoms with Gasteiger partial charge in [-0.25, -0.2) is 67.7 Å². The average Bonchev–Trinajstić information content (AvgIpc) is 4.14. The minimum absolute atomic E-state index is 0.0206. The number of phosphoric acid groups is 5. The third-order valence-corrected chi connectivity index (χ3v) is 16.6. The molecule has 3 fully saturated rings. The summed E-state index contributed by atoms with van der Waals surface area (Å²) in [4.78, 5) is 96.7. The van der Waals surface area contributed by atoms with Gasteiger partial charge in [0.25, 0.3) is 0 Å². The van der Waals surface area contributed by atoms with E-state index in [1.165, 1.54) is 28.1 Å². The predicted molar refractivity (Wildman–Crippen MR) is 232 cm³/mol. The van der Waals surface area contributed by atoms with Crippen LogP contribution in [0, 0.1) is 0 Å². The molecule has 72 heavy (non-hydrogen) atoms. The monoisotopic (exact) mass is 1120 g/mol. The van der Waals surface area contributed by atoms with E-state index in [0.717, 1.165) is 23.5 Å². The lowest BCUT2D eigenvalue weighted by atomic mass is 10.2. The van der Waals surface area contributed by atoms with Crippen molar-refractivity contribution in [2.45, 2.75) is 74.6 Å². The standard InChI is InChI=1S/C30H40N15O22P5/c31-22-19-25(37-7-34-22)43(10-40-19)28-16(1-13(4-46)60-28)63-69(50,51)58-5-14-2-17(29(61-14)44-11-41-20-23(32)35-8-38-26(20)44)64-70(52,53)59-6-15-3-18(65-71(54,55)67-72(56,57)66-68(47,48)49)30(62-15)45-12-42-21-24(33)36-9-39-27(21)45/h7-18,28-30,46H,1-6H2,(H,50,51)(H,52,53)(H,54,55)(H,56,57)(H2,31,34,37)(H2,32,35,38)(H2,33,36,39)(H2,47,48,49)/t13-,14-,15-,16+,17+,18+,28+,29+,30+/m0/s1. The predicted octanol–water partition coefficient (Wildman–Crippen LogP) is -0.176. The topological polar surface area (TPSA) is 528 Å². The molecule has 0 bridgehead atoms. The van der Waals surface area contributed by atoms with Crippen LogP contribution in [-0.4, -0.2) is 149 Å². The van der Waals surface area contributed by atoms with Gasteiger partial charge < -0.3 is 65.9 Å². The first kappa shape index (κ1) is 52.4. The number of hydrogen-bond acceptors (Lipinski definition) is 28. The van der Waals surface area contributed by atoms with Gasteiger partial charge in [-0.1, -0.05) is 0 Å². The second kappa shape index (κ2) is 20.0. The van der Waals surface area contributed by atoms with Gasteiger partial charge in [-0.2, -0.15) is 8.62 Å². The molecule has 9 rings (SSSR count). The van der Waals surface area contributed by atoms with E-state index < -0.39 is 121 Å². The molecule has 0 saturated carbocycles. The van der Waals surface area contributed by atoms with Crippen LogP contribution in [0.3, 0.4) is 0 Å². The molecule has 3 saturated heterocycles. The van der Waals surface area contributed by atoms with Crippen molar-refractivity contribution in [2.75, 3.05) is 37.0 Å². The number of nitrogen functional groups attached to an aromatic ring is 3. The maximum Gasteiger partial charge on any atom is 0.490 e. The fourth-order valence-electron chi connectivity index (χ4n) is 7.90. The number of hydrogen-bond donors (Lipinski definition) is 10. The van der Waals surface area contributed by atoms with Crippen molar-refractivity contribution in [3.63, 3.8) is 0 Å². The van der Waals surface area contributed by atoms with E-state index in [1.807, 2.05) is 0 Å². The van der Waals surface area contributed by atoms with Gasteiger partial charge in [-0.3, -0.25) is 36.3 Å². The van der Waals surface area contributed by atoms with Crippen molar-refractivity contribution < 1.29 is 103 Å². The lowest BCUT2D eigenvalue weighted by Gasteiger charge is -2.23. The third-order valence-electron chi connectivity index (χ3n) is 10.7. The van der Waals surface area contributed by atoms with E-state index in [4.69, 9.17) is 63.8 Å². The van der Waals surface area contributed by atoms with Crippen LogP contribution in [0.5, 0.6) is 0 Å². The van der Waals surface area contributed by atoms with Crippen molar-refractivity contribution in [1.82, 2.24) is 58.6 Å². The first-order valence-corrected chi connectivity index (χ1v) is 27.9. The fourth-order valence-corrected chi connectivity index (χ4v) is 13.0. The molecule has 42 heteroatoms. The van der Waals surface area contributed by atoms with Gasteiger partial charge in [-0.05, 0) is 0 Å². The molecule has 0 radical (unpaired) electrons. The van der Waals surface area contributed by atoms with Gasteiger partial charge in [0.1, 0.15) is 53.8 Å². The first-order valence-electron chi connectivity index (χ1n) is 20.4. The molecule has 6 aromatic heterocycles. The van der Waals surface area contributed by atoms with Crippen LogP contribution in [0.2, 0.25) is 0 Å². The summed E-state index contributed by atoms with van der Waals surface area (Å²) in [6, 6.07) is 0. The molecule has 9 heterocycles. The molecule has 0 aliphatic carbocycles. The number of aromatic nitrogens is 12. The van der Waals surface area contributed by atoms with Crippen molar-refractivity contribution in [3.05, 3.63) is 38.0 Å². The number of nitrogens with zero attached hydrogens (tertiary/aromatic N) is 12. The molecule has 37 nitrogen and oxygen atoms in total. The summed E-state index contributed by atoms with van der Waals surface area (Å²) in [5.74, 6) is -0.0917.